The monoisotopic (exact) mass is 335 g/mol. The molecule has 0 saturated carbocycles. The van der Waals surface area contributed by atoms with Gasteiger partial charge in [0.15, 0.2) is 0 Å². The van der Waals surface area contributed by atoms with E-state index >= 15 is 0 Å². The van der Waals surface area contributed by atoms with Crippen LogP contribution in [0.25, 0.3) is 0 Å². The second kappa shape index (κ2) is 7.31. The third-order valence-electron chi connectivity index (χ3n) is 2.97. The van der Waals surface area contributed by atoms with Crippen LogP contribution in [0.4, 0.5) is 0 Å². The summed E-state index contributed by atoms with van der Waals surface area (Å²) in [5, 5.41) is 0. The second-order valence-electron chi connectivity index (χ2n) is 4.43. The molecule has 0 aliphatic carbocycles. The van der Waals surface area contributed by atoms with Gasteiger partial charge in [0.2, 0.25) is 0 Å². The number of halogens is 1. The van der Waals surface area contributed by atoms with Crippen molar-refractivity contribution in [2.24, 2.45) is 5.73 Å². The molecule has 0 atom stereocenters. The Morgan fingerprint density at radius 1 is 1.15 bits per heavy atom. The maximum absolute atomic E-state index is 5.92. The van der Waals surface area contributed by atoms with Crippen LogP contribution in [0.3, 0.4) is 0 Å². The van der Waals surface area contributed by atoms with Crippen LogP contribution in [0, 0.1) is 0 Å². The van der Waals surface area contributed by atoms with Gasteiger partial charge in [0.1, 0.15) is 18.1 Å². The molecule has 0 spiro atoms. The second-order valence-corrected chi connectivity index (χ2v) is 5.35. The molecule has 0 bridgehead atoms. The number of benzene rings is 2. The van der Waals surface area contributed by atoms with E-state index in [1.54, 1.807) is 7.11 Å². The Morgan fingerprint density at radius 2 is 2.00 bits per heavy atom. The maximum atomic E-state index is 5.92. The average molecular weight is 336 g/mol. The molecule has 0 radical (unpaired) electrons. The molecule has 0 fully saturated rings. The fourth-order valence-corrected chi connectivity index (χ4v) is 2.39. The third-order valence-corrected chi connectivity index (χ3v) is 3.46. The van der Waals surface area contributed by atoms with Crippen LogP contribution in [0.15, 0.2) is 46.9 Å². The smallest absolute Gasteiger partial charge is 0.126 e. The van der Waals surface area contributed by atoms with Crippen molar-refractivity contribution in [2.45, 2.75) is 13.0 Å². The van der Waals surface area contributed by atoms with Gasteiger partial charge in [-0.05, 0) is 42.3 Å². The molecule has 106 valence electrons. The lowest BCUT2D eigenvalue weighted by molar-refractivity contribution is 0.300. The first-order valence-electron chi connectivity index (χ1n) is 6.47. The topological polar surface area (TPSA) is 44.5 Å². The molecule has 0 unspecified atom stereocenters. The van der Waals surface area contributed by atoms with Crippen LogP contribution in [0.2, 0.25) is 0 Å². The van der Waals surface area contributed by atoms with Crippen molar-refractivity contribution in [3.8, 4) is 11.5 Å². The van der Waals surface area contributed by atoms with E-state index in [0.29, 0.717) is 13.2 Å². The molecule has 0 amide bonds. The highest BCUT2D eigenvalue weighted by atomic mass is 79.9. The van der Waals surface area contributed by atoms with E-state index in [2.05, 4.69) is 15.9 Å². The first-order valence-corrected chi connectivity index (χ1v) is 7.26. The molecule has 4 heteroatoms. The number of ether oxygens (including phenoxy) is 2. The van der Waals surface area contributed by atoms with Gasteiger partial charge in [-0.15, -0.1) is 0 Å². The van der Waals surface area contributed by atoms with E-state index in [-0.39, 0.29) is 0 Å². The fourth-order valence-electron chi connectivity index (χ4n) is 1.95. The Bertz CT molecular complexity index is 572. The van der Waals surface area contributed by atoms with Gasteiger partial charge < -0.3 is 15.2 Å². The summed E-state index contributed by atoms with van der Waals surface area (Å²) in [6.45, 7) is 1.11. The highest BCUT2D eigenvalue weighted by Gasteiger charge is 2.06. The largest absolute Gasteiger partial charge is 0.497 e. The van der Waals surface area contributed by atoms with E-state index < -0.39 is 0 Å². The zero-order chi connectivity index (χ0) is 14.4. The molecule has 2 aromatic carbocycles. The SMILES string of the molecule is COc1ccc(CCN)c(OCc2cccc(Br)c2)c1. The summed E-state index contributed by atoms with van der Waals surface area (Å²) in [4.78, 5) is 0. The summed E-state index contributed by atoms with van der Waals surface area (Å²) in [6, 6.07) is 13.9. The van der Waals surface area contributed by atoms with Crippen molar-refractivity contribution in [1.82, 2.24) is 0 Å². The summed E-state index contributed by atoms with van der Waals surface area (Å²) in [5.41, 5.74) is 7.85. The van der Waals surface area contributed by atoms with Gasteiger partial charge in [-0.2, -0.15) is 0 Å². The van der Waals surface area contributed by atoms with Crippen molar-refractivity contribution in [3.63, 3.8) is 0 Å². The Balaban J connectivity index is 2.14. The summed E-state index contributed by atoms with van der Waals surface area (Å²) < 4.78 is 12.2. The van der Waals surface area contributed by atoms with Crippen LogP contribution in [-0.4, -0.2) is 13.7 Å². The van der Waals surface area contributed by atoms with Gasteiger partial charge in [-0.25, -0.2) is 0 Å². The lowest BCUT2D eigenvalue weighted by Crippen LogP contribution is -2.05. The summed E-state index contributed by atoms with van der Waals surface area (Å²) in [5.74, 6) is 1.62. The third kappa shape index (κ3) is 3.99. The van der Waals surface area contributed by atoms with Crippen LogP contribution in [0.5, 0.6) is 11.5 Å². The number of hydrogen-bond acceptors (Lipinski definition) is 3. The standard InChI is InChI=1S/C16H18BrNO2/c1-19-15-6-5-13(7-8-18)16(10-15)20-11-12-3-2-4-14(17)9-12/h2-6,9-10H,7-8,11,18H2,1H3. The summed E-state index contributed by atoms with van der Waals surface area (Å²) in [7, 11) is 1.65. The number of hydrogen-bond donors (Lipinski definition) is 1. The molecule has 0 heterocycles. The van der Waals surface area contributed by atoms with Gasteiger partial charge in [0.25, 0.3) is 0 Å². The van der Waals surface area contributed by atoms with Crippen molar-refractivity contribution < 1.29 is 9.47 Å². The molecule has 2 rings (SSSR count). The lowest BCUT2D eigenvalue weighted by atomic mass is 10.1. The Kier molecular flexibility index (Phi) is 5.44. The van der Waals surface area contributed by atoms with E-state index in [9.17, 15) is 0 Å². The highest BCUT2D eigenvalue weighted by Crippen LogP contribution is 2.26. The zero-order valence-corrected chi connectivity index (χ0v) is 13.0. The van der Waals surface area contributed by atoms with E-state index in [1.165, 1.54) is 0 Å². The van der Waals surface area contributed by atoms with Crippen LogP contribution < -0.4 is 15.2 Å². The molecule has 3 nitrogen and oxygen atoms in total. The lowest BCUT2D eigenvalue weighted by Gasteiger charge is -2.13. The first-order chi connectivity index (χ1) is 9.72. The molecule has 0 aliphatic heterocycles. The average Bonchev–Trinajstić information content (AvgIpc) is 2.46. The van der Waals surface area contributed by atoms with Crippen molar-refractivity contribution in [2.75, 3.05) is 13.7 Å². The molecule has 20 heavy (non-hydrogen) atoms. The predicted molar refractivity (Wildman–Crippen MR) is 84.2 cm³/mol. The van der Waals surface area contributed by atoms with Gasteiger partial charge in [0.05, 0.1) is 7.11 Å². The molecule has 0 aromatic heterocycles. The Labute approximate surface area is 127 Å². The molecule has 2 aromatic rings. The summed E-state index contributed by atoms with van der Waals surface area (Å²) in [6.07, 6.45) is 0.789. The van der Waals surface area contributed by atoms with Crippen molar-refractivity contribution >= 4 is 15.9 Å². The minimum atomic E-state index is 0.518. The van der Waals surface area contributed by atoms with Crippen molar-refractivity contribution in [1.29, 1.82) is 0 Å². The van der Waals surface area contributed by atoms with Gasteiger partial charge in [0, 0.05) is 10.5 Å². The fraction of sp³-hybridized carbons (Fsp3) is 0.250. The molecule has 0 saturated heterocycles. The molecular weight excluding hydrogens is 318 g/mol. The minimum Gasteiger partial charge on any atom is -0.497 e. The van der Waals surface area contributed by atoms with Gasteiger partial charge in [-0.3, -0.25) is 0 Å². The highest BCUT2D eigenvalue weighted by molar-refractivity contribution is 9.10. The Morgan fingerprint density at radius 3 is 2.70 bits per heavy atom. The number of nitrogens with two attached hydrogens (primary N) is 1. The van der Waals surface area contributed by atoms with Crippen molar-refractivity contribution in [3.05, 3.63) is 58.1 Å². The minimum absolute atomic E-state index is 0.518. The van der Waals surface area contributed by atoms with Crippen LogP contribution >= 0.6 is 15.9 Å². The first kappa shape index (κ1) is 14.9. The number of methoxy groups -OCH3 is 1. The van der Waals surface area contributed by atoms with Crippen LogP contribution in [-0.2, 0) is 13.0 Å². The van der Waals surface area contributed by atoms with Gasteiger partial charge in [-0.1, -0.05) is 34.1 Å². The Hall–Kier alpha value is -1.52. The molecular formula is C16H18BrNO2. The van der Waals surface area contributed by atoms with E-state index in [4.69, 9.17) is 15.2 Å². The predicted octanol–water partition coefficient (Wildman–Crippen LogP) is 3.54. The van der Waals surface area contributed by atoms with Gasteiger partial charge >= 0.3 is 0 Å². The maximum Gasteiger partial charge on any atom is 0.126 e. The number of rotatable bonds is 6. The zero-order valence-electron chi connectivity index (χ0n) is 11.4. The van der Waals surface area contributed by atoms with Crippen LogP contribution in [0.1, 0.15) is 11.1 Å². The van der Waals surface area contributed by atoms with E-state index in [1.807, 2.05) is 42.5 Å². The summed E-state index contributed by atoms with van der Waals surface area (Å²) >= 11 is 3.46. The molecule has 2 N–H and O–H groups in total. The molecule has 0 aliphatic rings. The van der Waals surface area contributed by atoms with E-state index in [0.717, 1.165) is 33.5 Å². The normalized spacial score (nSPS) is 10.3. The quantitative estimate of drug-likeness (QED) is 0.878.